The summed E-state index contributed by atoms with van der Waals surface area (Å²) in [7, 11) is 0. The molecule has 0 aliphatic heterocycles. The van der Waals surface area contributed by atoms with Gasteiger partial charge >= 0.3 is 0 Å². The van der Waals surface area contributed by atoms with Gasteiger partial charge in [0.15, 0.2) is 0 Å². The Bertz CT molecular complexity index is 286. The Morgan fingerprint density at radius 1 is 1.73 bits per heavy atom. The van der Waals surface area contributed by atoms with Gasteiger partial charge < -0.3 is 4.42 Å². The van der Waals surface area contributed by atoms with E-state index in [1.165, 1.54) is 0 Å². The lowest BCUT2D eigenvalue weighted by molar-refractivity contribution is 0.0932. The number of Topliss-reactive ketones (excluding diaryl/α,β-unsaturated/α-hetero) is 1. The Balaban J connectivity index is 2.21. The number of nitrogens with zero attached hydrogens (tertiary/aromatic N) is 1. The third kappa shape index (κ3) is 1.18. The second-order valence-corrected chi connectivity index (χ2v) is 2.91. The molecule has 1 fully saturated rings. The van der Waals surface area contributed by atoms with Gasteiger partial charge in [0, 0.05) is 5.92 Å². The fourth-order valence-corrected chi connectivity index (χ4v) is 0.989. The molecule has 2 rings (SSSR count). The molecule has 1 aliphatic rings. The van der Waals surface area contributed by atoms with Gasteiger partial charge in [-0.3, -0.25) is 4.79 Å². The molecule has 1 saturated carbocycles. The van der Waals surface area contributed by atoms with E-state index in [1.807, 2.05) is 0 Å². The molecule has 0 bridgehead atoms. The van der Waals surface area contributed by atoms with Crippen molar-refractivity contribution in [2.45, 2.75) is 19.8 Å². The van der Waals surface area contributed by atoms with Crippen molar-refractivity contribution in [3.05, 3.63) is 17.8 Å². The van der Waals surface area contributed by atoms with E-state index < -0.39 is 0 Å². The SMILES string of the molecule is Cc1cnc(C(=O)C2CC2)o1. The van der Waals surface area contributed by atoms with Crippen molar-refractivity contribution in [2.24, 2.45) is 5.92 Å². The van der Waals surface area contributed by atoms with E-state index in [4.69, 9.17) is 4.42 Å². The molecule has 1 heterocycles. The first-order valence-electron chi connectivity index (χ1n) is 3.74. The minimum atomic E-state index is 0.0677. The molecule has 0 aromatic carbocycles. The van der Waals surface area contributed by atoms with Gasteiger partial charge in [-0.05, 0) is 19.8 Å². The largest absolute Gasteiger partial charge is 0.439 e. The third-order valence-corrected chi connectivity index (χ3v) is 1.78. The summed E-state index contributed by atoms with van der Waals surface area (Å²) in [5.74, 6) is 1.25. The summed E-state index contributed by atoms with van der Waals surface area (Å²) in [6.07, 6.45) is 3.58. The van der Waals surface area contributed by atoms with E-state index in [2.05, 4.69) is 4.98 Å². The highest BCUT2D eigenvalue weighted by molar-refractivity contribution is 5.95. The van der Waals surface area contributed by atoms with Crippen LogP contribution in [0, 0.1) is 12.8 Å². The van der Waals surface area contributed by atoms with Gasteiger partial charge in [0.25, 0.3) is 5.89 Å². The summed E-state index contributed by atoms with van der Waals surface area (Å²) in [5, 5.41) is 0. The molecule has 0 unspecified atom stereocenters. The van der Waals surface area contributed by atoms with Crippen LogP contribution in [0.3, 0.4) is 0 Å². The fraction of sp³-hybridized carbons (Fsp3) is 0.500. The molecule has 0 spiro atoms. The van der Waals surface area contributed by atoms with Crippen LogP contribution in [-0.4, -0.2) is 10.8 Å². The molecule has 0 atom stereocenters. The van der Waals surface area contributed by atoms with E-state index >= 15 is 0 Å². The highest BCUT2D eigenvalue weighted by Crippen LogP contribution is 2.32. The maximum atomic E-state index is 11.3. The number of carbonyl (C=O) groups excluding carboxylic acids is 1. The Morgan fingerprint density at radius 3 is 2.91 bits per heavy atom. The molecule has 3 nitrogen and oxygen atoms in total. The Kier molecular flexibility index (Phi) is 1.31. The van der Waals surface area contributed by atoms with Crippen molar-refractivity contribution < 1.29 is 9.21 Å². The summed E-state index contributed by atoms with van der Waals surface area (Å²) in [4.78, 5) is 15.1. The van der Waals surface area contributed by atoms with Crippen LogP contribution in [0.15, 0.2) is 10.6 Å². The zero-order chi connectivity index (χ0) is 7.84. The molecule has 0 saturated heterocycles. The number of hydrogen-bond donors (Lipinski definition) is 0. The van der Waals surface area contributed by atoms with Crippen LogP contribution in [0.5, 0.6) is 0 Å². The molecule has 58 valence electrons. The second-order valence-electron chi connectivity index (χ2n) is 2.91. The zero-order valence-corrected chi connectivity index (χ0v) is 6.33. The van der Waals surface area contributed by atoms with Gasteiger partial charge in [0.1, 0.15) is 5.76 Å². The van der Waals surface area contributed by atoms with Crippen molar-refractivity contribution in [2.75, 3.05) is 0 Å². The summed E-state index contributed by atoms with van der Waals surface area (Å²) < 4.78 is 5.09. The smallest absolute Gasteiger partial charge is 0.263 e. The summed E-state index contributed by atoms with van der Waals surface area (Å²) in [5.41, 5.74) is 0. The van der Waals surface area contributed by atoms with Crippen LogP contribution >= 0.6 is 0 Å². The Hall–Kier alpha value is -1.12. The molecular weight excluding hydrogens is 142 g/mol. The van der Waals surface area contributed by atoms with Crippen LogP contribution in [0.25, 0.3) is 0 Å². The highest BCUT2D eigenvalue weighted by Gasteiger charge is 2.33. The number of ketones is 1. The van der Waals surface area contributed by atoms with Gasteiger partial charge in [0.2, 0.25) is 5.78 Å². The van der Waals surface area contributed by atoms with E-state index in [1.54, 1.807) is 13.1 Å². The third-order valence-electron chi connectivity index (χ3n) is 1.78. The molecule has 0 amide bonds. The second kappa shape index (κ2) is 2.19. The van der Waals surface area contributed by atoms with E-state index in [9.17, 15) is 4.79 Å². The van der Waals surface area contributed by atoms with Gasteiger partial charge in [-0.25, -0.2) is 4.98 Å². The summed E-state index contributed by atoms with van der Waals surface area (Å²) >= 11 is 0. The van der Waals surface area contributed by atoms with Crippen LogP contribution in [0.1, 0.15) is 29.3 Å². The summed E-state index contributed by atoms with van der Waals surface area (Å²) in [6.45, 7) is 1.79. The molecule has 1 aliphatic carbocycles. The van der Waals surface area contributed by atoms with Crippen molar-refractivity contribution >= 4 is 5.78 Å². The first-order valence-corrected chi connectivity index (χ1v) is 3.74. The lowest BCUT2D eigenvalue weighted by Crippen LogP contribution is -2.00. The molecule has 1 aromatic heterocycles. The van der Waals surface area contributed by atoms with Crippen LogP contribution in [-0.2, 0) is 0 Å². The number of rotatable bonds is 2. The average molecular weight is 151 g/mol. The molecule has 11 heavy (non-hydrogen) atoms. The number of aromatic nitrogens is 1. The minimum absolute atomic E-state index is 0.0677. The van der Waals surface area contributed by atoms with E-state index in [-0.39, 0.29) is 17.6 Å². The number of oxazole rings is 1. The average Bonchev–Trinajstić information content (AvgIpc) is 2.74. The summed E-state index contributed by atoms with van der Waals surface area (Å²) in [6, 6.07) is 0. The first kappa shape index (κ1) is 6.58. The molecule has 1 aromatic rings. The van der Waals surface area contributed by atoms with Crippen LogP contribution in [0.4, 0.5) is 0 Å². The van der Waals surface area contributed by atoms with E-state index in [0.29, 0.717) is 5.76 Å². The highest BCUT2D eigenvalue weighted by atomic mass is 16.4. The predicted molar refractivity (Wildman–Crippen MR) is 38.3 cm³/mol. The Labute approximate surface area is 64.4 Å². The van der Waals surface area contributed by atoms with Crippen molar-refractivity contribution in [3.63, 3.8) is 0 Å². The number of carbonyl (C=O) groups is 1. The monoisotopic (exact) mass is 151 g/mol. The fourth-order valence-electron chi connectivity index (χ4n) is 0.989. The van der Waals surface area contributed by atoms with E-state index in [0.717, 1.165) is 12.8 Å². The first-order chi connectivity index (χ1) is 5.27. The number of aryl methyl sites for hydroxylation is 1. The van der Waals surface area contributed by atoms with Gasteiger partial charge in [-0.2, -0.15) is 0 Å². The molecular formula is C8H9NO2. The van der Waals surface area contributed by atoms with Gasteiger partial charge in [-0.15, -0.1) is 0 Å². The predicted octanol–water partition coefficient (Wildman–Crippen LogP) is 1.58. The standard InChI is InChI=1S/C8H9NO2/c1-5-4-9-8(11-5)7(10)6-2-3-6/h4,6H,2-3H2,1H3. The lowest BCUT2D eigenvalue weighted by atomic mass is 10.3. The lowest BCUT2D eigenvalue weighted by Gasteiger charge is -1.87. The van der Waals surface area contributed by atoms with Crippen LogP contribution < -0.4 is 0 Å². The molecule has 0 radical (unpaired) electrons. The maximum Gasteiger partial charge on any atom is 0.263 e. The maximum absolute atomic E-state index is 11.3. The Morgan fingerprint density at radius 2 is 2.45 bits per heavy atom. The quantitative estimate of drug-likeness (QED) is 0.602. The van der Waals surface area contributed by atoms with Crippen molar-refractivity contribution in [1.82, 2.24) is 4.98 Å². The van der Waals surface area contributed by atoms with Crippen molar-refractivity contribution in [1.29, 1.82) is 0 Å². The van der Waals surface area contributed by atoms with Gasteiger partial charge in [-0.1, -0.05) is 0 Å². The number of hydrogen-bond acceptors (Lipinski definition) is 3. The van der Waals surface area contributed by atoms with Crippen LogP contribution in [0.2, 0.25) is 0 Å². The topological polar surface area (TPSA) is 43.1 Å². The molecule has 0 N–H and O–H groups in total. The molecule has 3 heteroatoms. The van der Waals surface area contributed by atoms with Gasteiger partial charge in [0.05, 0.1) is 6.20 Å². The zero-order valence-electron chi connectivity index (χ0n) is 6.33. The van der Waals surface area contributed by atoms with Crippen molar-refractivity contribution in [3.8, 4) is 0 Å². The normalized spacial score (nSPS) is 16.8. The minimum Gasteiger partial charge on any atom is -0.439 e.